The Labute approximate surface area is 131 Å². The van der Waals surface area contributed by atoms with Crippen LogP contribution in [0.5, 0.6) is 11.5 Å². The molecule has 0 N–H and O–H groups in total. The molecule has 6 heteroatoms. The number of carbonyl (C=O) groups is 1. The summed E-state index contributed by atoms with van der Waals surface area (Å²) in [6.45, 7) is 0. The van der Waals surface area contributed by atoms with E-state index in [0.717, 1.165) is 0 Å². The van der Waals surface area contributed by atoms with Crippen molar-refractivity contribution in [3.8, 4) is 11.5 Å². The largest absolute Gasteiger partial charge is 0.496 e. The molecule has 0 aliphatic heterocycles. The molecule has 1 heterocycles. The van der Waals surface area contributed by atoms with E-state index in [2.05, 4.69) is 0 Å². The van der Waals surface area contributed by atoms with Gasteiger partial charge in [0, 0.05) is 10.8 Å². The van der Waals surface area contributed by atoms with Crippen LogP contribution >= 0.6 is 0 Å². The molecule has 0 fully saturated rings. The quantitative estimate of drug-likeness (QED) is 0.420. The summed E-state index contributed by atoms with van der Waals surface area (Å²) in [4.78, 5) is 24.4. The molecule has 0 atom stereocenters. The topological polar surface area (TPSA) is 75.0 Å². The Bertz CT molecular complexity index is 970. The molecule has 0 aliphatic rings. The lowest BCUT2D eigenvalue weighted by atomic mass is 10.0. The molecule has 6 nitrogen and oxygen atoms in total. The molecule has 0 spiro atoms. The smallest absolute Gasteiger partial charge is 0.345 e. The van der Waals surface area contributed by atoms with Gasteiger partial charge in [0.15, 0.2) is 5.58 Å². The van der Waals surface area contributed by atoms with Crippen LogP contribution in [0, 0.1) is 0 Å². The monoisotopic (exact) mass is 314 g/mol. The van der Waals surface area contributed by atoms with Gasteiger partial charge in [0.1, 0.15) is 17.1 Å². The highest BCUT2D eigenvalue weighted by atomic mass is 16.5. The minimum absolute atomic E-state index is 0.0670. The predicted molar refractivity (Wildman–Crippen MR) is 84.4 cm³/mol. The van der Waals surface area contributed by atoms with Crippen molar-refractivity contribution in [3.05, 3.63) is 46.3 Å². The van der Waals surface area contributed by atoms with Crippen molar-refractivity contribution >= 4 is 27.7 Å². The van der Waals surface area contributed by atoms with Crippen molar-refractivity contribution in [2.24, 2.45) is 0 Å². The molecule has 0 saturated carbocycles. The van der Waals surface area contributed by atoms with Crippen molar-refractivity contribution in [2.75, 3.05) is 21.3 Å². The third-order valence-electron chi connectivity index (χ3n) is 3.66. The van der Waals surface area contributed by atoms with E-state index in [-0.39, 0.29) is 16.9 Å². The molecular formula is C17H14O6. The summed E-state index contributed by atoms with van der Waals surface area (Å²) >= 11 is 0. The minimum Gasteiger partial charge on any atom is -0.496 e. The molecule has 118 valence electrons. The summed E-state index contributed by atoms with van der Waals surface area (Å²) in [5.74, 6) is 0.132. The maximum Gasteiger partial charge on any atom is 0.345 e. The zero-order chi connectivity index (χ0) is 16.6. The van der Waals surface area contributed by atoms with Crippen LogP contribution in [0.3, 0.4) is 0 Å². The van der Waals surface area contributed by atoms with Crippen LogP contribution in [0.2, 0.25) is 0 Å². The Kier molecular flexibility index (Phi) is 3.65. The molecule has 23 heavy (non-hydrogen) atoms. The average Bonchev–Trinajstić information content (AvgIpc) is 2.59. The van der Waals surface area contributed by atoms with Crippen LogP contribution in [0.4, 0.5) is 0 Å². The van der Waals surface area contributed by atoms with Crippen molar-refractivity contribution in [3.63, 3.8) is 0 Å². The first-order valence-corrected chi connectivity index (χ1v) is 6.81. The van der Waals surface area contributed by atoms with Gasteiger partial charge in [0.05, 0.1) is 26.7 Å². The number of rotatable bonds is 3. The second-order valence-electron chi connectivity index (χ2n) is 4.78. The van der Waals surface area contributed by atoms with Crippen LogP contribution in [-0.4, -0.2) is 27.3 Å². The van der Waals surface area contributed by atoms with E-state index in [9.17, 15) is 9.59 Å². The first-order chi connectivity index (χ1) is 11.1. The number of carbonyl (C=O) groups excluding carboxylic acids is 1. The minimum atomic E-state index is -0.648. The van der Waals surface area contributed by atoms with Gasteiger partial charge in [0.2, 0.25) is 0 Å². The number of hydrogen-bond acceptors (Lipinski definition) is 6. The first kappa shape index (κ1) is 14.9. The highest BCUT2D eigenvalue weighted by Crippen LogP contribution is 2.35. The Hall–Kier alpha value is -3.02. The molecule has 0 saturated heterocycles. The number of esters is 1. The van der Waals surface area contributed by atoms with Crippen LogP contribution in [0.1, 0.15) is 10.4 Å². The summed E-state index contributed by atoms with van der Waals surface area (Å²) in [5, 5.41) is 1.52. The fourth-order valence-corrected chi connectivity index (χ4v) is 2.63. The standard InChI is InChI=1S/C17H14O6/c1-20-11-6-4-5-10-13(11)9-7-8-12(21-2)14(17(19)22-3)15(9)23-16(10)18/h4-8H,1-3H3. The average molecular weight is 314 g/mol. The van der Waals surface area contributed by atoms with Gasteiger partial charge in [-0.05, 0) is 24.3 Å². The lowest BCUT2D eigenvalue weighted by Gasteiger charge is -2.12. The van der Waals surface area contributed by atoms with Gasteiger partial charge < -0.3 is 18.6 Å². The molecule has 0 unspecified atom stereocenters. The fraction of sp³-hybridized carbons (Fsp3) is 0.176. The third kappa shape index (κ3) is 2.19. The second-order valence-corrected chi connectivity index (χ2v) is 4.78. The van der Waals surface area contributed by atoms with E-state index >= 15 is 0 Å². The van der Waals surface area contributed by atoms with E-state index in [1.54, 1.807) is 30.3 Å². The fourth-order valence-electron chi connectivity index (χ4n) is 2.63. The van der Waals surface area contributed by atoms with Crippen LogP contribution in [-0.2, 0) is 4.74 Å². The highest BCUT2D eigenvalue weighted by molar-refractivity contribution is 6.14. The zero-order valence-electron chi connectivity index (χ0n) is 12.8. The van der Waals surface area contributed by atoms with Gasteiger partial charge in [-0.1, -0.05) is 6.07 Å². The molecule has 0 amide bonds. The summed E-state index contributed by atoms with van der Waals surface area (Å²) in [7, 11) is 4.19. The summed E-state index contributed by atoms with van der Waals surface area (Å²) in [5.41, 5.74) is -0.389. The van der Waals surface area contributed by atoms with Gasteiger partial charge in [-0.15, -0.1) is 0 Å². The maximum atomic E-state index is 12.3. The van der Waals surface area contributed by atoms with E-state index in [4.69, 9.17) is 18.6 Å². The van der Waals surface area contributed by atoms with Crippen molar-refractivity contribution in [2.45, 2.75) is 0 Å². The third-order valence-corrected chi connectivity index (χ3v) is 3.66. The van der Waals surface area contributed by atoms with Crippen LogP contribution in [0.25, 0.3) is 21.7 Å². The van der Waals surface area contributed by atoms with Gasteiger partial charge in [0.25, 0.3) is 0 Å². The molecule has 3 rings (SSSR count). The molecule has 2 aromatic carbocycles. The summed E-state index contributed by atoms with van der Waals surface area (Å²) in [6.07, 6.45) is 0. The molecule has 0 radical (unpaired) electrons. The lowest BCUT2D eigenvalue weighted by Crippen LogP contribution is -2.08. The molecule has 1 aromatic heterocycles. The predicted octanol–water partition coefficient (Wildman–Crippen LogP) is 2.75. The molecule has 3 aromatic rings. The Morgan fingerprint density at radius 3 is 2.35 bits per heavy atom. The maximum absolute atomic E-state index is 12.3. The van der Waals surface area contributed by atoms with E-state index in [0.29, 0.717) is 21.9 Å². The van der Waals surface area contributed by atoms with E-state index in [1.165, 1.54) is 21.3 Å². The lowest BCUT2D eigenvalue weighted by molar-refractivity contribution is 0.0598. The second kappa shape index (κ2) is 5.64. The Balaban J connectivity index is 2.58. The Morgan fingerprint density at radius 1 is 0.957 bits per heavy atom. The number of methoxy groups -OCH3 is 3. The normalized spacial score (nSPS) is 10.7. The van der Waals surface area contributed by atoms with Crippen molar-refractivity contribution < 1.29 is 23.4 Å². The van der Waals surface area contributed by atoms with Crippen LogP contribution < -0.4 is 15.1 Å². The SMILES string of the molecule is COC(=O)c1c(OC)ccc2c1oc(=O)c1cccc(OC)c12. The van der Waals surface area contributed by atoms with E-state index < -0.39 is 11.6 Å². The first-order valence-electron chi connectivity index (χ1n) is 6.81. The van der Waals surface area contributed by atoms with Gasteiger partial charge >= 0.3 is 11.6 Å². The zero-order valence-corrected chi connectivity index (χ0v) is 12.8. The van der Waals surface area contributed by atoms with Crippen LogP contribution in [0.15, 0.2) is 39.5 Å². The highest BCUT2D eigenvalue weighted by Gasteiger charge is 2.22. The van der Waals surface area contributed by atoms with Gasteiger partial charge in [-0.3, -0.25) is 0 Å². The van der Waals surface area contributed by atoms with Gasteiger partial charge in [-0.25, -0.2) is 9.59 Å². The van der Waals surface area contributed by atoms with E-state index in [1.807, 2.05) is 0 Å². The molecular weight excluding hydrogens is 300 g/mol. The Morgan fingerprint density at radius 2 is 1.70 bits per heavy atom. The van der Waals surface area contributed by atoms with Crippen molar-refractivity contribution in [1.29, 1.82) is 0 Å². The number of ether oxygens (including phenoxy) is 3. The summed E-state index contributed by atoms with van der Waals surface area (Å²) < 4.78 is 20.7. The van der Waals surface area contributed by atoms with Gasteiger partial charge in [-0.2, -0.15) is 0 Å². The number of benzene rings is 2. The molecule has 0 bridgehead atoms. The van der Waals surface area contributed by atoms with Crippen molar-refractivity contribution in [1.82, 2.24) is 0 Å². The number of hydrogen-bond donors (Lipinski definition) is 0. The molecule has 0 aliphatic carbocycles. The summed E-state index contributed by atoms with van der Waals surface area (Å²) in [6, 6.07) is 8.43. The number of fused-ring (bicyclic) bond motifs is 3.